The van der Waals surface area contributed by atoms with E-state index in [1.807, 2.05) is 41.3 Å². The number of benzene rings is 2. The second-order valence-electron chi connectivity index (χ2n) is 8.60. The Kier molecular flexibility index (Phi) is 6.80. The summed E-state index contributed by atoms with van der Waals surface area (Å²) in [5.41, 5.74) is 2.59. The van der Waals surface area contributed by atoms with Crippen molar-refractivity contribution in [1.29, 1.82) is 0 Å². The van der Waals surface area contributed by atoms with E-state index in [0.717, 1.165) is 5.56 Å². The van der Waals surface area contributed by atoms with E-state index >= 15 is 0 Å². The van der Waals surface area contributed by atoms with E-state index in [-0.39, 0.29) is 17.2 Å². The molecule has 1 saturated heterocycles. The number of aromatic nitrogens is 3. The van der Waals surface area contributed by atoms with E-state index in [4.69, 9.17) is 4.74 Å². The van der Waals surface area contributed by atoms with Gasteiger partial charge in [0.25, 0.3) is 5.56 Å². The summed E-state index contributed by atoms with van der Waals surface area (Å²) >= 11 is 0. The maximum Gasteiger partial charge on any atom is 0.339 e. The van der Waals surface area contributed by atoms with Gasteiger partial charge in [0.2, 0.25) is 0 Å². The molecule has 1 fully saturated rings. The van der Waals surface area contributed by atoms with Crippen LogP contribution in [-0.2, 0) is 11.3 Å². The van der Waals surface area contributed by atoms with Gasteiger partial charge in [0, 0.05) is 32.4 Å². The minimum atomic E-state index is -0.524. The molecule has 37 heavy (non-hydrogen) atoms. The summed E-state index contributed by atoms with van der Waals surface area (Å²) in [6.45, 7) is 2.02. The zero-order chi connectivity index (χ0) is 25.8. The predicted molar refractivity (Wildman–Crippen MR) is 140 cm³/mol. The molecule has 1 aliphatic heterocycles. The van der Waals surface area contributed by atoms with Gasteiger partial charge in [-0.05, 0) is 29.8 Å². The van der Waals surface area contributed by atoms with Crippen LogP contribution in [0.15, 0.2) is 77.7 Å². The summed E-state index contributed by atoms with van der Waals surface area (Å²) in [5.74, 6) is -0.183. The number of para-hydroxylation sites is 1. The number of hydrogen-bond donors (Lipinski definition) is 1. The van der Waals surface area contributed by atoms with Crippen molar-refractivity contribution < 1.29 is 14.3 Å². The molecule has 1 N–H and O–H groups in total. The van der Waals surface area contributed by atoms with Crippen LogP contribution in [0.3, 0.4) is 0 Å². The minimum absolute atomic E-state index is 0.222. The molecule has 0 atom stereocenters. The van der Waals surface area contributed by atoms with Gasteiger partial charge in [-0.3, -0.25) is 9.36 Å². The first-order chi connectivity index (χ1) is 18.0. The van der Waals surface area contributed by atoms with Crippen molar-refractivity contribution in [1.82, 2.24) is 19.4 Å². The lowest BCUT2D eigenvalue weighted by Crippen LogP contribution is -2.51. The van der Waals surface area contributed by atoms with Gasteiger partial charge >= 0.3 is 12.0 Å². The third-order valence-corrected chi connectivity index (χ3v) is 6.31. The fourth-order valence-electron chi connectivity index (χ4n) is 4.38. The Labute approximate surface area is 213 Å². The Balaban J connectivity index is 1.34. The Morgan fingerprint density at radius 3 is 2.43 bits per heavy atom. The Hall–Kier alpha value is -4.73. The van der Waals surface area contributed by atoms with Crippen molar-refractivity contribution in [2.24, 2.45) is 0 Å². The fraction of sp³-hybridized carbons (Fsp3) is 0.222. The Morgan fingerprint density at radius 1 is 0.946 bits per heavy atom. The van der Waals surface area contributed by atoms with Crippen molar-refractivity contribution in [2.45, 2.75) is 6.54 Å². The third-order valence-electron chi connectivity index (χ3n) is 6.31. The van der Waals surface area contributed by atoms with Gasteiger partial charge in [0.05, 0.1) is 24.9 Å². The highest BCUT2D eigenvalue weighted by atomic mass is 16.5. The summed E-state index contributed by atoms with van der Waals surface area (Å²) in [7, 11) is 1.30. The van der Waals surface area contributed by atoms with Crippen LogP contribution in [0.5, 0.6) is 0 Å². The minimum Gasteiger partial charge on any atom is -0.465 e. The second kappa shape index (κ2) is 10.5. The molecule has 0 unspecified atom stereocenters. The van der Waals surface area contributed by atoms with E-state index < -0.39 is 5.97 Å². The van der Waals surface area contributed by atoms with Crippen LogP contribution in [0.2, 0.25) is 0 Å². The summed E-state index contributed by atoms with van der Waals surface area (Å²) in [6.07, 6.45) is 1.65. The smallest absolute Gasteiger partial charge is 0.339 e. The highest BCUT2D eigenvalue weighted by Crippen LogP contribution is 2.19. The number of nitrogens with one attached hydrogen (secondary N) is 1. The SMILES string of the molecule is COC(=O)c1ccccc1NC(=O)N1CCN(c2nc3cccnc3n(Cc3ccccc3)c2=O)CC1. The van der Waals surface area contributed by atoms with Crippen molar-refractivity contribution in [3.8, 4) is 0 Å². The van der Waals surface area contributed by atoms with Gasteiger partial charge in [0.15, 0.2) is 11.5 Å². The average molecular weight is 499 g/mol. The number of carbonyl (C=O) groups excluding carboxylic acids is 2. The summed E-state index contributed by atoms with van der Waals surface area (Å²) in [4.78, 5) is 51.1. The lowest BCUT2D eigenvalue weighted by molar-refractivity contribution is 0.0602. The zero-order valence-corrected chi connectivity index (χ0v) is 20.3. The van der Waals surface area contributed by atoms with Crippen molar-refractivity contribution in [3.63, 3.8) is 0 Å². The molecule has 0 bridgehead atoms. The molecule has 0 spiro atoms. The van der Waals surface area contributed by atoms with Crippen molar-refractivity contribution in [3.05, 3.63) is 94.4 Å². The summed E-state index contributed by atoms with van der Waals surface area (Å²) < 4.78 is 6.45. The first-order valence-electron chi connectivity index (χ1n) is 11.9. The molecule has 0 aliphatic carbocycles. The van der Waals surface area contributed by atoms with Gasteiger partial charge in [-0.2, -0.15) is 0 Å². The molecule has 1 aliphatic rings. The maximum absolute atomic E-state index is 13.6. The molecule has 2 aromatic carbocycles. The van der Waals surface area contributed by atoms with Crippen LogP contribution in [0, 0.1) is 0 Å². The first-order valence-corrected chi connectivity index (χ1v) is 11.9. The van der Waals surface area contributed by atoms with E-state index in [9.17, 15) is 14.4 Å². The highest BCUT2D eigenvalue weighted by Gasteiger charge is 2.26. The highest BCUT2D eigenvalue weighted by molar-refractivity contribution is 6.00. The molecule has 0 saturated carbocycles. The maximum atomic E-state index is 13.6. The standard InChI is InChI=1S/C27H26N6O4/c1-37-26(35)20-10-5-6-11-21(20)30-27(36)32-16-14-31(15-17-32)24-25(34)33(18-19-8-3-2-4-9-19)23-22(29-24)12-7-13-28-23/h2-13H,14-18H2,1H3,(H,30,36). The van der Waals surface area contributed by atoms with Crippen LogP contribution in [0.4, 0.5) is 16.3 Å². The number of piperazine rings is 1. The molecule has 0 radical (unpaired) electrons. The number of nitrogens with zero attached hydrogens (tertiary/aromatic N) is 5. The molecule has 2 amide bonds. The monoisotopic (exact) mass is 498 g/mol. The fourth-order valence-corrected chi connectivity index (χ4v) is 4.38. The van der Waals surface area contributed by atoms with Gasteiger partial charge in [0.1, 0.15) is 5.52 Å². The third kappa shape index (κ3) is 4.99. The molecule has 5 rings (SSSR count). The molecular formula is C27H26N6O4. The van der Waals surface area contributed by atoms with E-state index in [0.29, 0.717) is 55.4 Å². The number of ether oxygens (including phenoxy) is 1. The number of carbonyl (C=O) groups is 2. The Bertz CT molecular complexity index is 1500. The number of urea groups is 1. The topological polar surface area (TPSA) is 110 Å². The lowest BCUT2D eigenvalue weighted by Gasteiger charge is -2.35. The van der Waals surface area contributed by atoms with E-state index in [1.54, 1.807) is 46.0 Å². The molecule has 4 aromatic rings. The van der Waals surface area contributed by atoms with E-state index in [1.165, 1.54) is 7.11 Å². The number of esters is 1. The van der Waals surface area contributed by atoms with E-state index in [2.05, 4.69) is 15.3 Å². The largest absolute Gasteiger partial charge is 0.465 e. The lowest BCUT2D eigenvalue weighted by atomic mass is 10.2. The average Bonchev–Trinajstić information content (AvgIpc) is 2.95. The van der Waals surface area contributed by atoms with Crippen LogP contribution >= 0.6 is 0 Å². The van der Waals surface area contributed by atoms with Gasteiger partial charge in [-0.15, -0.1) is 0 Å². The quantitative estimate of drug-likeness (QED) is 0.421. The zero-order valence-electron chi connectivity index (χ0n) is 20.3. The molecule has 2 aromatic heterocycles. The van der Waals surface area contributed by atoms with Gasteiger partial charge < -0.3 is 19.9 Å². The molecule has 188 valence electrons. The number of anilines is 2. The second-order valence-corrected chi connectivity index (χ2v) is 8.60. The number of amides is 2. The first kappa shape index (κ1) is 24.0. The number of rotatable bonds is 5. The number of methoxy groups -OCH3 is 1. The number of fused-ring (bicyclic) bond motifs is 1. The normalized spacial score (nSPS) is 13.4. The molecule has 10 heteroatoms. The van der Waals surface area contributed by atoms with Crippen molar-refractivity contribution in [2.75, 3.05) is 43.5 Å². The number of pyridine rings is 1. The Morgan fingerprint density at radius 2 is 1.68 bits per heavy atom. The van der Waals surface area contributed by atoms with Crippen LogP contribution in [-0.4, -0.2) is 64.7 Å². The van der Waals surface area contributed by atoms with Crippen molar-refractivity contribution >= 4 is 34.7 Å². The molecular weight excluding hydrogens is 472 g/mol. The van der Waals surface area contributed by atoms with Crippen LogP contribution in [0.25, 0.3) is 11.2 Å². The van der Waals surface area contributed by atoms with Gasteiger partial charge in [-0.1, -0.05) is 42.5 Å². The summed E-state index contributed by atoms with van der Waals surface area (Å²) in [5, 5.41) is 2.80. The van der Waals surface area contributed by atoms with Gasteiger partial charge in [-0.25, -0.2) is 19.6 Å². The van der Waals surface area contributed by atoms with Crippen LogP contribution < -0.4 is 15.8 Å². The predicted octanol–water partition coefficient (Wildman–Crippen LogP) is 2.98. The molecule has 3 heterocycles. The number of hydrogen-bond acceptors (Lipinski definition) is 7. The molecule has 10 nitrogen and oxygen atoms in total. The van der Waals surface area contributed by atoms with Crippen LogP contribution in [0.1, 0.15) is 15.9 Å². The summed E-state index contributed by atoms with van der Waals surface area (Å²) in [6, 6.07) is 19.8.